The second-order valence-electron chi connectivity index (χ2n) is 6.66. The molecule has 2 aromatic heterocycles. The Morgan fingerprint density at radius 3 is 2.81 bits per heavy atom. The van der Waals surface area contributed by atoms with Gasteiger partial charge in [-0.2, -0.15) is 0 Å². The smallest absolute Gasteiger partial charge is 0.261 e. The number of para-hydroxylation sites is 1. The molecule has 0 atom stereocenters. The van der Waals surface area contributed by atoms with Gasteiger partial charge in [0.2, 0.25) is 5.91 Å². The monoisotopic (exact) mass is 436 g/mol. The third-order valence-electron chi connectivity index (χ3n) is 4.74. The summed E-state index contributed by atoms with van der Waals surface area (Å²) in [6.07, 6.45) is 1.59. The van der Waals surface area contributed by atoms with Crippen molar-refractivity contribution in [2.75, 3.05) is 19.5 Å². The summed E-state index contributed by atoms with van der Waals surface area (Å²) in [5, 5.41) is 5.62. The first-order valence-corrected chi connectivity index (χ1v) is 10.4. The Balaban J connectivity index is 1.44. The number of methoxy groups -OCH3 is 2. The highest BCUT2D eigenvalue weighted by Crippen LogP contribution is 2.35. The molecule has 0 unspecified atom stereocenters. The number of hydrogen-bond donors (Lipinski definition) is 1. The molecule has 0 saturated heterocycles. The van der Waals surface area contributed by atoms with Crippen molar-refractivity contribution < 1.29 is 14.3 Å². The van der Waals surface area contributed by atoms with Gasteiger partial charge in [-0.05, 0) is 30.3 Å². The zero-order valence-electron chi connectivity index (χ0n) is 17.0. The molecule has 2 aromatic carbocycles. The maximum atomic E-state index is 12.5. The van der Waals surface area contributed by atoms with Gasteiger partial charge in [0, 0.05) is 23.9 Å². The lowest BCUT2D eigenvalue weighted by Crippen LogP contribution is -2.23. The Hall–Kier alpha value is -3.72. The third-order valence-corrected chi connectivity index (χ3v) is 5.50. The van der Waals surface area contributed by atoms with Gasteiger partial charge < -0.3 is 14.8 Å². The highest BCUT2D eigenvalue weighted by Gasteiger charge is 2.13. The van der Waals surface area contributed by atoms with Crippen molar-refractivity contribution in [3.63, 3.8) is 0 Å². The molecule has 4 rings (SSSR count). The molecule has 1 N–H and O–H groups in total. The summed E-state index contributed by atoms with van der Waals surface area (Å²) in [5.74, 6) is 1.11. The number of carbonyl (C=O) groups excluding carboxylic acids is 1. The zero-order valence-corrected chi connectivity index (χ0v) is 17.8. The summed E-state index contributed by atoms with van der Waals surface area (Å²) in [5.41, 5.74) is 1.91. The number of aromatic nitrogens is 3. The standard InChI is InChI=1S/C22H20N4O4S/c1-29-14-7-8-19(30-2)16(11-14)18-12-31-22(24-18)25-20(27)9-10-26-13-23-17-6-4-3-5-15(17)21(26)28/h3-8,11-13H,9-10H2,1-2H3,(H,24,25,27). The van der Waals surface area contributed by atoms with Crippen LogP contribution < -0.4 is 20.3 Å². The number of rotatable bonds is 7. The number of anilines is 1. The van der Waals surface area contributed by atoms with E-state index in [9.17, 15) is 9.59 Å². The molecule has 158 valence electrons. The first-order chi connectivity index (χ1) is 15.1. The molecular formula is C22H20N4O4S. The third kappa shape index (κ3) is 4.41. The second kappa shape index (κ2) is 8.97. The minimum absolute atomic E-state index is 0.122. The highest BCUT2D eigenvalue weighted by atomic mass is 32.1. The molecule has 31 heavy (non-hydrogen) atoms. The Morgan fingerprint density at radius 1 is 1.16 bits per heavy atom. The van der Waals surface area contributed by atoms with Gasteiger partial charge in [-0.25, -0.2) is 9.97 Å². The van der Waals surface area contributed by atoms with E-state index in [2.05, 4.69) is 15.3 Å². The summed E-state index contributed by atoms with van der Waals surface area (Å²) >= 11 is 1.31. The lowest BCUT2D eigenvalue weighted by Gasteiger charge is -2.08. The molecule has 9 heteroatoms. The summed E-state index contributed by atoms with van der Waals surface area (Å²) < 4.78 is 12.1. The van der Waals surface area contributed by atoms with E-state index in [1.807, 2.05) is 17.5 Å². The van der Waals surface area contributed by atoms with Crippen LogP contribution in [0.15, 0.2) is 59.0 Å². The van der Waals surface area contributed by atoms with Crippen LogP contribution in [0.1, 0.15) is 6.42 Å². The van der Waals surface area contributed by atoms with Crippen LogP contribution in [0.2, 0.25) is 0 Å². The molecule has 0 saturated carbocycles. The number of nitrogens with zero attached hydrogens (tertiary/aromatic N) is 3. The van der Waals surface area contributed by atoms with E-state index in [4.69, 9.17) is 9.47 Å². The Labute approximate surface area is 182 Å². The average molecular weight is 436 g/mol. The fraction of sp³-hybridized carbons (Fsp3) is 0.182. The number of ether oxygens (including phenoxy) is 2. The molecule has 2 heterocycles. The second-order valence-corrected chi connectivity index (χ2v) is 7.52. The number of fused-ring (bicyclic) bond motifs is 1. The van der Waals surface area contributed by atoms with E-state index in [-0.39, 0.29) is 24.4 Å². The van der Waals surface area contributed by atoms with Gasteiger partial charge in [-0.1, -0.05) is 12.1 Å². The van der Waals surface area contributed by atoms with Crippen LogP contribution in [0.25, 0.3) is 22.2 Å². The zero-order chi connectivity index (χ0) is 21.8. The number of nitrogens with one attached hydrogen (secondary N) is 1. The molecular weight excluding hydrogens is 416 g/mol. The molecule has 0 spiro atoms. The number of aryl methyl sites for hydroxylation is 1. The molecule has 4 aromatic rings. The molecule has 0 bridgehead atoms. The van der Waals surface area contributed by atoms with Gasteiger partial charge in [0.15, 0.2) is 5.13 Å². The first kappa shape index (κ1) is 20.5. The number of amides is 1. The van der Waals surface area contributed by atoms with Crippen LogP contribution >= 0.6 is 11.3 Å². The maximum absolute atomic E-state index is 12.5. The summed E-state index contributed by atoms with van der Waals surface area (Å²) in [4.78, 5) is 33.7. The van der Waals surface area contributed by atoms with Gasteiger partial charge in [-0.3, -0.25) is 14.2 Å². The SMILES string of the molecule is COc1ccc(OC)c(-c2csc(NC(=O)CCn3cnc4ccccc4c3=O)n2)c1. The van der Waals surface area contributed by atoms with E-state index < -0.39 is 0 Å². The fourth-order valence-corrected chi connectivity index (χ4v) is 3.86. The van der Waals surface area contributed by atoms with Crippen LogP contribution in [0.5, 0.6) is 11.5 Å². The Bertz CT molecular complexity index is 1300. The van der Waals surface area contributed by atoms with Crippen molar-refractivity contribution in [3.05, 3.63) is 64.5 Å². The normalized spacial score (nSPS) is 10.8. The lowest BCUT2D eigenvalue weighted by molar-refractivity contribution is -0.116. The minimum Gasteiger partial charge on any atom is -0.497 e. The predicted molar refractivity (Wildman–Crippen MR) is 120 cm³/mol. The van der Waals surface area contributed by atoms with Crippen LogP contribution in [-0.2, 0) is 11.3 Å². The minimum atomic E-state index is -0.237. The lowest BCUT2D eigenvalue weighted by atomic mass is 10.1. The summed E-state index contributed by atoms with van der Waals surface area (Å²) in [7, 11) is 3.18. The number of benzene rings is 2. The van der Waals surface area contributed by atoms with Crippen molar-refractivity contribution in [2.45, 2.75) is 13.0 Å². The van der Waals surface area contributed by atoms with Gasteiger partial charge in [-0.15, -0.1) is 11.3 Å². The molecule has 1 amide bonds. The van der Waals surface area contributed by atoms with E-state index in [0.29, 0.717) is 33.2 Å². The van der Waals surface area contributed by atoms with Crippen LogP contribution in [-0.4, -0.2) is 34.7 Å². The van der Waals surface area contributed by atoms with Crippen molar-refractivity contribution in [2.24, 2.45) is 0 Å². The molecule has 0 aliphatic rings. The quantitative estimate of drug-likeness (QED) is 0.476. The number of carbonyl (C=O) groups is 1. The van der Waals surface area contributed by atoms with E-state index in [1.54, 1.807) is 44.6 Å². The van der Waals surface area contributed by atoms with Gasteiger partial charge in [0.25, 0.3) is 5.56 Å². The topological polar surface area (TPSA) is 95.3 Å². The summed E-state index contributed by atoms with van der Waals surface area (Å²) in [6, 6.07) is 12.6. The van der Waals surface area contributed by atoms with Crippen LogP contribution in [0, 0.1) is 0 Å². The summed E-state index contributed by atoms with van der Waals surface area (Å²) in [6.45, 7) is 0.227. The largest absolute Gasteiger partial charge is 0.497 e. The predicted octanol–water partition coefficient (Wildman–Crippen LogP) is 3.57. The van der Waals surface area contributed by atoms with E-state index in [1.165, 1.54) is 22.2 Å². The van der Waals surface area contributed by atoms with Crippen molar-refractivity contribution in [1.29, 1.82) is 0 Å². The van der Waals surface area contributed by atoms with Gasteiger partial charge in [0.05, 0.1) is 37.1 Å². The fourth-order valence-electron chi connectivity index (χ4n) is 3.14. The van der Waals surface area contributed by atoms with Crippen molar-refractivity contribution >= 4 is 33.3 Å². The average Bonchev–Trinajstić information content (AvgIpc) is 3.26. The van der Waals surface area contributed by atoms with Gasteiger partial charge in [0.1, 0.15) is 11.5 Å². The van der Waals surface area contributed by atoms with Crippen LogP contribution in [0.3, 0.4) is 0 Å². The number of thiazole rings is 1. The van der Waals surface area contributed by atoms with Crippen molar-refractivity contribution in [1.82, 2.24) is 14.5 Å². The maximum Gasteiger partial charge on any atom is 0.261 e. The van der Waals surface area contributed by atoms with Crippen LogP contribution in [0.4, 0.5) is 5.13 Å². The highest BCUT2D eigenvalue weighted by molar-refractivity contribution is 7.14. The van der Waals surface area contributed by atoms with Crippen molar-refractivity contribution in [3.8, 4) is 22.8 Å². The van der Waals surface area contributed by atoms with E-state index in [0.717, 1.165) is 5.56 Å². The molecule has 0 fully saturated rings. The molecule has 0 aliphatic carbocycles. The van der Waals surface area contributed by atoms with Gasteiger partial charge >= 0.3 is 0 Å². The molecule has 0 aliphatic heterocycles. The first-order valence-electron chi connectivity index (χ1n) is 9.51. The Kier molecular flexibility index (Phi) is 5.94. The molecule has 0 radical (unpaired) electrons. The van der Waals surface area contributed by atoms with E-state index >= 15 is 0 Å². The molecule has 8 nitrogen and oxygen atoms in total. The number of hydrogen-bond acceptors (Lipinski definition) is 7. The Morgan fingerprint density at radius 2 is 2.00 bits per heavy atom.